The van der Waals surface area contributed by atoms with Crippen LogP contribution in [0, 0.1) is 0 Å². The fourth-order valence-electron chi connectivity index (χ4n) is 1.70. The van der Waals surface area contributed by atoms with Crippen LogP contribution in [-0.4, -0.2) is 13.2 Å². The van der Waals surface area contributed by atoms with Crippen LogP contribution in [0.1, 0.15) is 11.1 Å². The minimum atomic E-state index is 0.560. The van der Waals surface area contributed by atoms with Gasteiger partial charge in [0.25, 0.3) is 0 Å². The smallest absolute Gasteiger partial charge is 0.119 e. The molecule has 3 heteroatoms. The standard InChI is InChI=1S/C16H19NO2/c17-12-14-6-8-15(9-7-14)13-18-10-11-19-16-4-2-1-3-5-16/h1-9H,10-13,17H2. The highest BCUT2D eigenvalue weighted by molar-refractivity contribution is 5.22. The van der Waals surface area contributed by atoms with Gasteiger partial charge in [-0.25, -0.2) is 0 Å². The van der Waals surface area contributed by atoms with E-state index in [-0.39, 0.29) is 0 Å². The van der Waals surface area contributed by atoms with Crippen molar-refractivity contribution in [2.75, 3.05) is 13.2 Å². The normalized spacial score (nSPS) is 10.4. The Labute approximate surface area is 114 Å². The van der Waals surface area contributed by atoms with E-state index in [9.17, 15) is 0 Å². The quantitative estimate of drug-likeness (QED) is 0.776. The van der Waals surface area contributed by atoms with Crippen LogP contribution >= 0.6 is 0 Å². The Kier molecular flexibility index (Phi) is 5.41. The molecule has 3 nitrogen and oxygen atoms in total. The van der Waals surface area contributed by atoms with Crippen LogP contribution in [0.5, 0.6) is 5.75 Å². The molecule has 2 N–H and O–H groups in total. The van der Waals surface area contributed by atoms with Gasteiger partial charge < -0.3 is 15.2 Å². The molecular weight excluding hydrogens is 238 g/mol. The lowest BCUT2D eigenvalue weighted by Gasteiger charge is -2.07. The second-order valence-electron chi connectivity index (χ2n) is 4.23. The highest BCUT2D eigenvalue weighted by Gasteiger charge is 1.95. The number of nitrogens with two attached hydrogens (primary N) is 1. The zero-order chi connectivity index (χ0) is 13.3. The minimum Gasteiger partial charge on any atom is -0.491 e. The molecule has 0 aliphatic heterocycles. The molecule has 0 heterocycles. The van der Waals surface area contributed by atoms with Crippen molar-refractivity contribution in [2.45, 2.75) is 13.2 Å². The number of benzene rings is 2. The van der Waals surface area contributed by atoms with Gasteiger partial charge in [0.15, 0.2) is 0 Å². The first-order chi connectivity index (χ1) is 9.38. The van der Waals surface area contributed by atoms with E-state index in [1.807, 2.05) is 54.6 Å². The van der Waals surface area contributed by atoms with Gasteiger partial charge in [-0.1, -0.05) is 42.5 Å². The van der Waals surface area contributed by atoms with Gasteiger partial charge in [0.2, 0.25) is 0 Å². The van der Waals surface area contributed by atoms with Crippen molar-refractivity contribution in [3.05, 3.63) is 65.7 Å². The summed E-state index contributed by atoms with van der Waals surface area (Å²) in [6, 6.07) is 17.9. The predicted molar refractivity (Wildman–Crippen MR) is 75.9 cm³/mol. The first kappa shape index (κ1) is 13.6. The number of ether oxygens (including phenoxy) is 2. The van der Waals surface area contributed by atoms with Gasteiger partial charge in [0, 0.05) is 6.54 Å². The van der Waals surface area contributed by atoms with Crippen molar-refractivity contribution in [2.24, 2.45) is 5.73 Å². The van der Waals surface area contributed by atoms with E-state index in [2.05, 4.69) is 0 Å². The zero-order valence-corrected chi connectivity index (χ0v) is 10.9. The minimum absolute atomic E-state index is 0.560. The number of hydrogen-bond donors (Lipinski definition) is 1. The van der Waals surface area contributed by atoms with Gasteiger partial charge in [-0.3, -0.25) is 0 Å². The van der Waals surface area contributed by atoms with E-state index in [0.29, 0.717) is 26.4 Å². The molecule has 0 atom stereocenters. The Morgan fingerprint density at radius 3 is 2.16 bits per heavy atom. The third kappa shape index (κ3) is 4.73. The summed E-state index contributed by atoms with van der Waals surface area (Å²) in [5, 5.41) is 0. The lowest BCUT2D eigenvalue weighted by molar-refractivity contribution is 0.0889. The monoisotopic (exact) mass is 257 g/mol. The third-order valence-corrected chi connectivity index (χ3v) is 2.77. The Balaban J connectivity index is 1.63. The van der Waals surface area contributed by atoms with E-state index in [1.165, 1.54) is 0 Å². The molecule has 0 saturated carbocycles. The average molecular weight is 257 g/mol. The van der Waals surface area contributed by atoms with E-state index in [1.54, 1.807) is 0 Å². The summed E-state index contributed by atoms with van der Waals surface area (Å²) in [6.07, 6.45) is 0. The number of hydrogen-bond acceptors (Lipinski definition) is 3. The van der Waals surface area contributed by atoms with Crippen LogP contribution in [0.4, 0.5) is 0 Å². The SMILES string of the molecule is NCc1ccc(COCCOc2ccccc2)cc1. The van der Waals surface area contributed by atoms with Crippen molar-refractivity contribution in [3.63, 3.8) is 0 Å². The van der Waals surface area contributed by atoms with E-state index >= 15 is 0 Å². The molecule has 0 spiro atoms. The van der Waals surface area contributed by atoms with Gasteiger partial charge >= 0.3 is 0 Å². The summed E-state index contributed by atoms with van der Waals surface area (Å²) in [5.41, 5.74) is 7.83. The van der Waals surface area contributed by atoms with Crippen LogP contribution in [0.3, 0.4) is 0 Å². The van der Waals surface area contributed by atoms with Crippen molar-refractivity contribution in [1.29, 1.82) is 0 Å². The molecule has 19 heavy (non-hydrogen) atoms. The maximum absolute atomic E-state index is 5.56. The lowest BCUT2D eigenvalue weighted by Crippen LogP contribution is -2.06. The first-order valence-corrected chi connectivity index (χ1v) is 6.42. The molecule has 0 aromatic heterocycles. The molecule has 0 fully saturated rings. The summed E-state index contributed by atoms with van der Waals surface area (Å²) in [7, 11) is 0. The fraction of sp³-hybridized carbons (Fsp3) is 0.250. The maximum Gasteiger partial charge on any atom is 0.119 e. The topological polar surface area (TPSA) is 44.5 Å². The van der Waals surface area contributed by atoms with Gasteiger partial charge in [0.1, 0.15) is 12.4 Å². The van der Waals surface area contributed by atoms with Gasteiger partial charge in [0.05, 0.1) is 13.2 Å². The largest absolute Gasteiger partial charge is 0.491 e. The van der Waals surface area contributed by atoms with Crippen molar-refractivity contribution in [3.8, 4) is 5.75 Å². The molecule has 0 saturated heterocycles. The molecule has 0 aliphatic rings. The fourth-order valence-corrected chi connectivity index (χ4v) is 1.70. The van der Waals surface area contributed by atoms with Crippen molar-refractivity contribution < 1.29 is 9.47 Å². The Bertz CT molecular complexity index is 468. The molecule has 0 radical (unpaired) electrons. The van der Waals surface area contributed by atoms with E-state index in [0.717, 1.165) is 16.9 Å². The van der Waals surface area contributed by atoms with Crippen LogP contribution in [0.15, 0.2) is 54.6 Å². The summed E-state index contributed by atoms with van der Waals surface area (Å²) in [5.74, 6) is 0.874. The molecule has 2 aromatic carbocycles. The highest BCUT2D eigenvalue weighted by atomic mass is 16.5. The molecule has 100 valence electrons. The Morgan fingerprint density at radius 1 is 0.789 bits per heavy atom. The molecule has 0 bridgehead atoms. The summed E-state index contributed by atoms with van der Waals surface area (Å²) in [4.78, 5) is 0. The number of rotatable bonds is 7. The summed E-state index contributed by atoms with van der Waals surface area (Å²) in [6.45, 7) is 2.31. The summed E-state index contributed by atoms with van der Waals surface area (Å²) >= 11 is 0. The van der Waals surface area contributed by atoms with Crippen LogP contribution in [0.2, 0.25) is 0 Å². The molecule has 2 aromatic rings. The predicted octanol–water partition coefficient (Wildman–Crippen LogP) is 2.74. The van der Waals surface area contributed by atoms with Crippen molar-refractivity contribution >= 4 is 0 Å². The summed E-state index contributed by atoms with van der Waals surface area (Å²) < 4.78 is 11.1. The second-order valence-corrected chi connectivity index (χ2v) is 4.23. The zero-order valence-electron chi connectivity index (χ0n) is 10.9. The molecule has 0 amide bonds. The Morgan fingerprint density at radius 2 is 1.47 bits per heavy atom. The first-order valence-electron chi connectivity index (χ1n) is 6.42. The van der Waals surface area contributed by atoms with E-state index in [4.69, 9.17) is 15.2 Å². The molecular formula is C16H19NO2. The third-order valence-electron chi connectivity index (χ3n) is 2.77. The van der Waals surface area contributed by atoms with Crippen LogP contribution in [0.25, 0.3) is 0 Å². The van der Waals surface area contributed by atoms with Crippen molar-refractivity contribution in [1.82, 2.24) is 0 Å². The molecule has 0 unspecified atom stereocenters. The van der Waals surface area contributed by atoms with Gasteiger partial charge in [-0.15, -0.1) is 0 Å². The average Bonchev–Trinajstić information content (AvgIpc) is 2.49. The number of para-hydroxylation sites is 1. The lowest BCUT2D eigenvalue weighted by atomic mass is 10.1. The maximum atomic E-state index is 5.56. The molecule has 0 aliphatic carbocycles. The van der Waals surface area contributed by atoms with Crippen LogP contribution < -0.4 is 10.5 Å². The Hall–Kier alpha value is -1.84. The van der Waals surface area contributed by atoms with E-state index < -0.39 is 0 Å². The second kappa shape index (κ2) is 7.56. The molecule has 2 rings (SSSR count). The van der Waals surface area contributed by atoms with Gasteiger partial charge in [-0.2, -0.15) is 0 Å². The van der Waals surface area contributed by atoms with Crippen LogP contribution in [-0.2, 0) is 17.9 Å². The highest BCUT2D eigenvalue weighted by Crippen LogP contribution is 2.08. The van der Waals surface area contributed by atoms with Gasteiger partial charge in [-0.05, 0) is 23.3 Å².